The van der Waals surface area contributed by atoms with Crippen LogP contribution in [0, 0.1) is 0 Å². The van der Waals surface area contributed by atoms with Crippen molar-refractivity contribution in [3.05, 3.63) is 23.8 Å². The van der Waals surface area contributed by atoms with Crippen molar-refractivity contribution < 1.29 is 9.84 Å². The fourth-order valence-electron chi connectivity index (χ4n) is 2.48. The van der Waals surface area contributed by atoms with Gasteiger partial charge in [0.05, 0.1) is 6.10 Å². The number of benzene rings is 1. The normalized spacial score (nSPS) is 22.1. The molecule has 106 valence electrons. The van der Waals surface area contributed by atoms with Crippen molar-refractivity contribution in [3.63, 3.8) is 0 Å². The smallest absolute Gasteiger partial charge is 0.122 e. The predicted octanol–water partition coefficient (Wildman–Crippen LogP) is 2.29. The molecule has 0 amide bonds. The number of nitrogens with zero attached hydrogens (tertiary/aromatic N) is 1. The Balaban J connectivity index is 2.18. The molecule has 1 heterocycles. The number of hydrogen-bond donors (Lipinski definition) is 2. The number of aromatic hydroxyl groups is 1. The van der Waals surface area contributed by atoms with Crippen molar-refractivity contribution in [2.75, 3.05) is 31.6 Å². The molecule has 1 saturated heterocycles. The van der Waals surface area contributed by atoms with Gasteiger partial charge in [-0.3, -0.25) is 0 Å². The lowest BCUT2D eigenvalue weighted by Gasteiger charge is -2.25. The Morgan fingerprint density at radius 1 is 1.47 bits per heavy atom. The highest BCUT2D eigenvalue weighted by Gasteiger charge is 2.17. The molecule has 1 aromatic rings. The summed E-state index contributed by atoms with van der Waals surface area (Å²) in [5.74, 6) is 0.358. The van der Waals surface area contributed by atoms with E-state index in [1.54, 1.807) is 0 Å². The molecule has 4 nitrogen and oxygen atoms in total. The maximum Gasteiger partial charge on any atom is 0.122 e. The molecule has 0 aliphatic carbocycles. The third-order valence-corrected chi connectivity index (χ3v) is 3.73. The maximum atomic E-state index is 10.2. The molecule has 2 rings (SSSR count). The summed E-state index contributed by atoms with van der Waals surface area (Å²) in [5.41, 5.74) is 2.01. The van der Waals surface area contributed by atoms with E-state index in [2.05, 4.69) is 23.2 Å². The van der Waals surface area contributed by atoms with Gasteiger partial charge in [-0.1, -0.05) is 6.07 Å². The van der Waals surface area contributed by atoms with E-state index in [1.807, 2.05) is 26.1 Å². The minimum Gasteiger partial charge on any atom is -0.508 e. The van der Waals surface area contributed by atoms with E-state index in [-0.39, 0.29) is 12.1 Å². The molecule has 1 fully saturated rings. The lowest BCUT2D eigenvalue weighted by Crippen LogP contribution is -2.30. The SMILES string of the molecule is CNC(C)c1ccc(N2CCCOC(C)C2)cc1O. The van der Waals surface area contributed by atoms with Crippen molar-refractivity contribution in [1.29, 1.82) is 0 Å². The molecular formula is C15H24N2O2. The minimum absolute atomic E-state index is 0.153. The van der Waals surface area contributed by atoms with Crippen LogP contribution < -0.4 is 10.2 Å². The average molecular weight is 264 g/mol. The Morgan fingerprint density at radius 2 is 2.26 bits per heavy atom. The molecule has 0 saturated carbocycles. The topological polar surface area (TPSA) is 44.7 Å². The van der Waals surface area contributed by atoms with Crippen molar-refractivity contribution in [2.24, 2.45) is 0 Å². The highest BCUT2D eigenvalue weighted by atomic mass is 16.5. The molecule has 0 radical (unpaired) electrons. The van der Waals surface area contributed by atoms with Crippen LogP contribution in [0.2, 0.25) is 0 Å². The highest BCUT2D eigenvalue weighted by molar-refractivity contribution is 5.54. The van der Waals surface area contributed by atoms with E-state index in [9.17, 15) is 5.11 Å². The lowest BCUT2D eigenvalue weighted by molar-refractivity contribution is 0.0821. The van der Waals surface area contributed by atoms with Gasteiger partial charge in [0.1, 0.15) is 5.75 Å². The molecule has 19 heavy (non-hydrogen) atoms. The van der Waals surface area contributed by atoms with Gasteiger partial charge in [0, 0.05) is 43.1 Å². The van der Waals surface area contributed by atoms with E-state index < -0.39 is 0 Å². The van der Waals surface area contributed by atoms with Crippen molar-refractivity contribution >= 4 is 5.69 Å². The van der Waals surface area contributed by atoms with Crippen LogP contribution in [0.5, 0.6) is 5.75 Å². The Morgan fingerprint density at radius 3 is 2.95 bits per heavy atom. The molecule has 1 aliphatic rings. The number of rotatable bonds is 3. The summed E-state index contributed by atoms with van der Waals surface area (Å²) in [6.45, 7) is 6.80. The number of anilines is 1. The Bertz CT molecular complexity index is 423. The fraction of sp³-hybridized carbons (Fsp3) is 0.600. The molecular weight excluding hydrogens is 240 g/mol. The summed E-state index contributed by atoms with van der Waals surface area (Å²) in [7, 11) is 1.89. The minimum atomic E-state index is 0.153. The van der Waals surface area contributed by atoms with Gasteiger partial charge < -0.3 is 20.1 Å². The zero-order chi connectivity index (χ0) is 13.8. The summed E-state index contributed by atoms with van der Waals surface area (Å²) >= 11 is 0. The average Bonchev–Trinajstić information content (AvgIpc) is 2.62. The second-order valence-corrected chi connectivity index (χ2v) is 5.23. The van der Waals surface area contributed by atoms with E-state index in [4.69, 9.17) is 4.74 Å². The third-order valence-electron chi connectivity index (χ3n) is 3.73. The number of ether oxygens (including phenoxy) is 1. The van der Waals surface area contributed by atoms with Crippen LogP contribution in [0.4, 0.5) is 5.69 Å². The summed E-state index contributed by atoms with van der Waals surface area (Å²) in [6, 6.07) is 6.10. The quantitative estimate of drug-likeness (QED) is 0.879. The van der Waals surface area contributed by atoms with Gasteiger partial charge in [-0.2, -0.15) is 0 Å². The number of phenolic OH excluding ortho intramolecular Hbond substituents is 1. The van der Waals surface area contributed by atoms with Gasteiger partial charge in [-0.15, -0.1) is 0 Å². The monoisotopic (exact) mass is 264 g/mol. The van der Waals surface area contributed by atoms with Crippen LogP contribution in [-0.2, 0) is 4.74 Å². The molecule has 0 spiro atoms. The first kappa shape index (κ1) is 14.2. The van der Waals surface area contributed by atoms with E-state index >= 15 is 0 Å². The second kappa shape index (κ2) is 6.26. The molecule has 4 heteroatoms. The predicted molar refractivity (Wildman–Crippen MR) is 77.8 cm³/mol. The first-order valence-electron chi connectivity index (χ1n) is 6.98. The zero-order valence-electron chi connectivity index (χ0n) is 12.0. The van der Waals surface area contributed by atoms with Crippen LogP contribution in [0.1, 0.15) is 31.9 Å². The van der Waals surface area contributed by atoms with Crippen LogP contribution in [0.3, 0.4) is 0 Å². The van der Waals surface area contributed by atoms with Crippen molar-refractivity contribution in [1.82, 2.24) is 5.32 Å². The Hall–Kier alpha value is -1.26. The molecule has 2 atom stereocenters. The van der Waals surface area contributed by atoms with Crippen LogP contribution in [0.25, 0.3) is 0 Å². The van der Waals surface area contributed by atoms with E-state index in [0.29, 0.717) is 5.75 Å². The maximum absolute atomic E-state index is 10.2. The molecule has 0 bridgehead atoms. The summed E-state index contributed by atoms with van der Waals surface area (Å²) in [6.07, 6.45) is 1.26. The molecule has 2 N–H and O–H groups in total. The van der Waals surface area contributed by atoms with Crippen molar-refractivity contribution in [2.45, 2.75) is 32.4 Å². The van der Waals surface area contributed by atoms with Crippen LogP contribution >= 0.6 is 0 Å². The second-order valence-electron chi connectivity index (χ2n) is 5.23. The van der Waals surface area contributed by atoms with Crippen LogP contribution in [0.15, 0.2) is 18.2 Å². The Labute approximate surface area is 115 Å². The van der Waals surface area contributed by atoms with Crippen molar-refractivity contribution in [3.8, 4) is 5.75 Å². The first-order chi connectivity index (χ1) is 9.11. The molecule has 0 aromatic heterocycles. The van der Waals surface area contributed by atoms with Gasteiger partial charge in [0.25, 0.3) is 0 Å². The van der Waals surface area contributed by atoms with E-state index in [0.717, 1.165) is 37.4 Å². The number of phenols is 1. The Kier molecular flexibility index (Phi) is 4.66. The van der Waals surface area contributed by atoms with Gasteiger partial charge in [-0.25, -0.2) is 0 Å². The summed E-state index contributed by atoms with van der Waals surface area (Å²) in [4.78, 5) is 2.28. The van der Waals surface area contributed by atoms with Gasteiger partial charge in [-0.05, 0) is 33.4 Å². The fourth-order valence-corrected chi connectivity index (χ4v) is 2.48. The first-order valence-corrected chi connectivity index (χ1v) is 6.98. The standard InChI is InChI=1S/C15H24N2O2/c1-11-10-17(7-4-8-19-11)13-5-6-14(12(2)16-3)15(18)9-13/h5-6,9,11-12,16,18H,4,7-8,10H2,1-3H3. The zero-order valence-corrected chi connectivity index (χ0v) is 12.0. The van der Waals surface area contributed by atoms with Gasteiger partial charge >= 0.3 is 0 Å². The molecule has 1 aromatic carbocycles. The number of hydrogen-bond acceptors (Lipinski definition) is 4. The van der Waals surface area contributed by atoms with Gasteiger partial charge in [0.15, 0.2) is 0 Å². The summed E-state index contributed by atoms with van der Waals surface area (Å²) in [5, 5.41) is 13.3. The molecule has 2 unspecified atom stereocenters. The highest BCUT2D eigenvalue weighted by Crippen LogP contribution is 2.29. The molecule has 1 aliphatic heterocycles. The summed E-state index contributed by atoms with van der Waals surface area (Å²) < 4.78 is 5.65. The largest absolute Gasteiger partial charge is 0.508 e. The van der Waals surface area contributed by atoms with E-state index in [1.165, 1.54) is 0 Å². The lowest BCUT2D eigenvalue weighted by atomic mass is 10.1. The third kappa shape index (κ3) is 3.39. The van der Waals surface area contributed by atoms with Crippen LogP contribution in [-0.4, -0.2) is 38.0 Å². The number of nitrogens with one attached hydrogen (secondary N) is 1. The van der Waals surface area contributed by atoms with Gasteiger partial charge in [0.2, 0.25) is 0 Å².